The van der Waals surface area contributed by atoms with E-state index in [0.29, 0.717) is 16.4 Å². The Hall–Kier alpha value is -2.14. The van der Waals surface area contributed by atoms with Crippen molar-refractivity contribution in [3.63, 3.8) is 0 Å². The van der Waals surface area contributed by atoms with E-state index in [1.165, 1.54) is 18.2 Å². The van der Waals surface area contributed by atoms with Crippen molar-refractivity contribution in [3.8, 4) is 0 Å². The Kier molecular flexibility index (Phi) is 3.97. The lowest BCUT2D eigenvalue weighted by Gasteiger charge is -2.09. The molecular formula is C13H11ClFN3O. The summed E-state index contributed by atoms with van der Waals surface area (Å²) in [6.07, 6.45) is 1.56. The van der Waals surface area contributed by atoms with Crippen LogP contribution in [0.3, 0.4) is 0 Å². The van der Waals surface area contributed by atoms with Gasteiger partial charge in [0.1, 0.15) is 11.6 Å². The van der Waals surface area contributed by atoms with E-state index in [9.17, 15) is 9.18 Å². The fourth-order valence-corrected chi connectivity index (χ4v) is 1.74. The average Bonchev–Trinajstić information content (AvgIpc) is 2.42. The zero-order valence-electron chi connectivity index (χ0n) is 10.1. The second-order valence-electron chi connectivity index (χ2n) is 3.73. The van der Waals surface area contributed by atoms with Gasteiger partial charge in [0.05, 0.1) is 11.3 Å². The predicted octanol–water partition coefficient (Wildman–Crippen LogP) is 3.17. The van der Waals surface area contributed by atoms with Crippen molar-refractivity contribution in [3.05, 3.63) is 52.9 Å². The van der Waals surface area contributed by atoms with Crippen molar-refractivity contribution >= 4 is 29.0 Å². The molecule has 98 valence electrons. The first-order valence-corrected chi connectivity index (χ1v) is 5.89. The maximum Gasteiger partial charge on any atom is 0.259 e. The fourth-order valence-electron chi connectivity index (χ4n) is 1.57. The molecule has 0 saturated carbocycles. The Balaban J connectivity index is 2.28. The van der Waals surface area contributed by atoms with Crippen LogP contribution in [0.4, 0.5) is 15.9 Å². The number of carbonyl (C=O) groups is 1. The molecule has 0 unspecified atom stereocenters. The topological polar surface area (TPSA) is 54.0 Å². The highest BCUT2D eigenvalue weighted by atomic mass is 35.5. The van der Waals surface area contributed by atoms with Crippen molar-refractivity contribution in [1.82, 2.24) is 4.98 Å². The second-order valence-corrected chi connectivity index (χ2v) is 4.16. The number of nitrogens with one attached hydrogen (secondary N) is 2. The van der Waals surface area contributed by atoms with E-state index in [1.807, 2.05) is 0 Å². The zero-order valence-corrected chi connectivity index (χ0v) is 10.8. The lowest BCUT2D eigenvalue weighted by Crippen LogP contribution is -2.15. The molecule has 0 aliphatic carbocycles. The molecule has 19 heavy (non-hydrogen) atoms. The molecule has 0 bridgehead atoms. The monoisotopic (exact) mass is 279 g/mol. The number of pyridine rings is 1. The van der Waals surface area contributed by atoms with Gasteiger partial charge in [-0.25, -0.2) is 9.37 Å². The summed E-state index contributed by atoms with van der Waals surface area (Å²) in [6, 6.07) is 7.18. The molecule has 0 saturated heterocycles. The lowest BCUT2D eigenvalue weighted by molar-refractivity contribution is 0.102. The van der Waals surface area contributed by atoms with Gasteiger partial charge in [-0.05, 0) is 30.3 Å². The first-order valence-electron chi connectivity index (χ1n) is 5.51. The predicted molar refractivity (Wildman–Crippen MR) is 73.1 cm³/mol. The normalized spacial score (nSPS) is 10.1. The Morgan fingerprint density at radius 2 is 2.16 bits per heavy atom. The zero-order chi connectivity index (χ0) is 13.8. The van der Waals surface area contributed by atoms with Crippen molar-refractivity contribution in [1.29, 1.82) is 0 Å². The summed E-state index contributed by atoms with van der Waals surface area (Å²) < 4.78 is 13.5. The maximum atomic E-state index is 13.5. The number of nitrogens with zero attached hydrogens (tertiary/aromatic N) is 1. The van der Waals surface area contributed by atoms with Crippen molar-refractivity contribution < 1.29 is 9.18 Å². The molecule has 2 rings (SSSR count). The number of benzene rings is 1. The summed E-state index contributed by atoms with van der Waals surface area (Å²) in [5.41, 5.74) is 0.354. The molecule has 0 aliphatic heterocycles. The molecule has 1 heterocycles. The first-order chi connectivity index (χ1) is 9.11. The van der Waals surface area contributed by atoms with Gasteiger partial charge in [-0.2, -0.15) is 0 Å². The van der Waals surface area contributed by atoms with E-state index in [-0.39, 0.29) is 5.69 Å². The highest BCUT2D eigenvalue weighted by molar-refractivity contribution is 6.31. The van der Waals surface area contributed by atoms with Gasteiger partial charge >= 0.3 is 0 Å². The molecule has 2 aromatic rings. The largest absolute Gasteiger partial charge is 0.372 e. The Bertz CT molecular complexity index is 619. The number of carbonyl (C=O) groups excluding carboxylic acids is 1. The van der Waals surface area contributed by atoms with E-state index in [0.717, 1.165) is 0 Å². The summed E-state index contributed by atoms with van der Waals surface area (Å²) in [7, 11) is 1.65. The highest BCUT2D eigenvalue weighted by Crippen LogP contribution is 2.21. The summed E-state index contributed by atoms with van der Waals surface area (Å²) in [5.74, 6) is -0.589. The summed E-state index contributed by atoms with van der Waals surface area (Å²) in [6.45, 7) is 0. The fraction of sp³-hybridized carbons (Fsp3) is 0.0769. The number of amides is 1. The molecule has 2 N–H and O–H groups in total. The quantitative estimate of drug-likeness (QED) is 0.907. The first kappa shape index (κ1) is 13.3. The Morgan fingerprint density at radius 1 is 1.37 bits per heavy atom. The van der Waals surface area contributed by atoms with Crippen LogP contribution in [0.15, 0.2) is 36.5 Å². The van der Waals surface area contributed by atoms with E-state index in [4.69, 9.17) is 11.6 Å². The van der Waals surface area contributed by atoms with Crippen LogP contribution >= 0.6 is 11.6 Å². The number of halogens is 2. The van der Waals surface area contributed by atoms with Gasteiger partial charge in [-0.1, -0.05) is 11.6 Å². The molecule has 0 atom stereocenters. The van der Waals surface area contributed by atoms with Gasteiger partial charge in [0.2, 0.25) is 0 Å². The second kappa shape index (κ2) is 5.67. The number of aromatic nitrogens is 1. The molecule has 0 aliphatic rings. The third kappa shape index (κ3) is 3.00. The minimum absolute atomic E-state index is 0.0309. The van der Waals surface area contributed by atoms with Gasteiger partial charge in [-0.15, -0.1) is 0 Å². The molecule has 6 heteroatoms. The molecule has 0 radical (unpaired) electrons. The van der Waals surface area contributed by atoms with Crippen LogP contribution in [0.25, 0.3) is 0 Å². The van der Waals surface area contributed by atoms with Gasteiger partial charge in [-0.3, -0.25) is 4.79 Å². The van der Waals surface area contributed by atoms with E-state index >= 15 is 0 Å². The number of rotatable bonds is 3. The maximum absolute atomic E-state index is 13.5. The van der Waals surface area contributed by atoms with E-state index < -0.39 is 11.7 Å². The molecule has 1 aromatic heterocycles. The van der Waals surface area contributed by atoms with Crippen LogP contribution < -0.4 is 10.6 Å². The van der Waals surface area contributed by atoms with Gasteiger partial charge in [0.15, 0.2) is 0 Å². The van der Waals surface area contributed by atoms with Crippen LogP contribution in [-0.2, 0) is 0 Å². The summed E-state index contributed by atoms with van der Waals surface area (Å²) >= 11 is 5.76. The highest BCUT2D eigenvalue weighted by Gasteiger charge is 2.13. The Labute approximate surface area is 114 Å². The van der Waals surface area contributed by atoms with E-state index in [2.05, 4.69) is 15.6 Å². The van der Waals surface area contributed by atoms with Crippen molar-refractivity contribution in [2.24, 2.45) is 0 Å². The number of hydrogen-bond donors (Lipinski definition) is 2. The van der Waals surface area contributed by atoms with Gasteiger partial charge in [0.25, 0.3) is 5.91 Å². The van der Waals surface area contributed by atoms with Crippen molar-refractivity contribution in [2.45, 2.75) is 0 Å². The number of anilines is 2. The average molecular weight is 280 g/mol. The van der Waals surface area contributed by atoms with Crippen LogP contribution in [0.2, 0.25) is 5.02 Å². The van der Waals surface area contributed by atoms with Crippen molar-refractivity contribution in [2.75, 3.05) is 17.7 Å². The van der Waals surface area contributed by atoms with Gasteiger partial charge < -0.3 is 10.6 Å². The van der Waals surface area contributed by atoms with Crippen LogP contribution in [0.1, 0.15) is 10.4 Å². The molecule has 0 fully saturated rings. The molecule has 4 nitrogen and oxygen atoms in total. The molecular weight excluding hydrogens is 269 g/mol. The van der Waals surface area contributed by atoms with E-state index in [1.54, 1.807) is 25.4 Å². The van der Waals surface area contributed by atoms with Crippen LogP contribution in [-0.4, -0.2) is 17.9 Å². The van der Waals surface area contributed by atoms with Crippen LogP contribution in [0, 0.1) is 5.82 Å². The minimum Gasteiger partial charge on any atom is -0.372 e. The van der Waals surface area contributed by atoms with Crippen LogP contribution in [0.5, 0.6) is 0 Å². The number of hydrogen-bond acceptors (Lipinski definition) is 3. The third-order valence-corrected chi connectivity index (χ3v) is 2.70. The minimum atomic E-state index is -0.548. The standard InChI is InChI=1S/C13H11ClFN3O/c1-16-12-9(3-2-6-17-12)13(19)18-11-7-8(14)4-5-10(11)15/h2-7H,1H3,(H,16,17)(H,18,19). The molecule has 0 spiro atoms. The lowest BCUT2D eigenvalue weighted by atomic mass is 10.2. The van der Waals surface area contributed by atoms with Gasteiger partial charge in [0, 0.05) is 18.3 Å². The SMILES string of the molecule is CNc1ncccc1C(=O)Nc1cc(Cl)ccc1F. The molecule has 1 aromatic carbocycles. The smallest absolute Gasteiger partial charge is 0.259 e. The summed E-state index contributed by atoms with van der Waals surface area (Å²) in [4.78, 5) is 16.1. The summed E-state index contributed by atoms with van der Waals surface area (Å²) in [5, 5.41) is 5.60. The Morgan fingerprint density at radius 3 is 2.89 bits per heavy atom. The molecule has 1 amide bonds. The third-order valence-electron chi connectivity index (χ3n) is 2.47.